The number of ether oxygens (including phenoxy) is 1. The molecule has 1 aromatic heterocycles. The maximum Gasteiger partial charge on any atom is 0.325 e. The highest BCUT2D eigenvalue weighted by Crippen LogP contribution is 2.21. The summed E-state index contributed by atoms with van der Waals surface area (Å²) in [7, 11) is 0. The van der Waals surface area contributed by atoms with Crippen molar-refractivity contribution in [2.24, 2.45) is 5.92 Å². The SMILES string of the molecule is CC(C)CCC(=O)NCC(=O)OCc1nnc(-c2ccc([N+](=O)[O-])cc2)o1. The van der Waals surface area contributed by atoms with E-state index < -0.39 is 10.9 Å². The Morgan fingerprint density at radius 1 is 1.26 bits per heavy atom. The number of nitro benzene ring substituents is 1. The van der Waals surface area contributed by atoms with Crippen LogP contribution in [0.5, 0.6) is 0 Å². The minimum absolute atomic E-state index is 0.0529. The molecular formula is C17H20N4O6. The van der Waals surface area contributed by atoms with Gasteiger partial charge in [0, 0.05) is 24.1 Å². The number of carbonyl (C=O) groups is 2. The van der Waals surface area contributed by atoms with Crippen molar-refractivity contribution >= 4 is 17.6 Å². The summed E-state index contributed by atoms with van der Waals surface area (Å²) in [5.74, 6) is -0.201. The van der Waals surface area contributed by atoms with Crippen LogP contribution < -0.4 is 5.32 Å². The molecule has 10 nitrogen and oxygen atoms in total. The van der Waals surface area contributed by atoms with Crippen molar-refractivity contribution in [1.82, 2.24) is 15.5 Å². The molecule has 1 aromatic carbocycles. The van der Waals surface area contributed by atoms with E-state index in [1.165, 1.54) is 24.3 Å². The van der Waals surface area contributed by atoms with Gasteiger partial charge in [0.05, 0.1) is 4.92 Å². The summed E-state index contributed by atoms with van der Waals surface area (Å²) in [4.78, 5) is 33.3. The molecule has 0 radical (unpaired) electrons. The number of amides is 1. The Balaban J connectivity index is 1.79. The fourth-order valence-corrected chi connectivity index (χ4v) is 2.03. The summed E-state index contributed by atoms with van der Waals surface area (Å²) in [5.41, 5.74) is 0.450. The first kappa shape index (κ1) is 20.0. The van der Waals surface area contributed by atoms with E-state index >= 15 is 0 Å². The van der Waals surface area contributed by atoms with Crippen molar-refractivity contribution in [2.45, 2.75) is 33.3 Å². The first-order valence-electron chi connectivity index (χ1n) is 8.34. The first-order chi connectivity index (χ1) is 12.8. The summed E-state index contributed by atoms with van der Waals surface area (Å²) in [6, 6.07) is 5.60. The van der Waals surface area contributed by atoms with Gasteiger partial charge in [-0.05, 0) is 24.5 Å². The number of non-ortho nitro benzene ring substituents is 1. The monoisotopic (exact) mass is 376 g/mol. The molecule has 0 saturated carbocycles. The summed E-state index contributed by atoms with van der Waals surface area (Å²) in [6.45, 7) is 3.55. The number of benzene rings is 1. The number of rotatable bonds is 9. The largest absolute Gasteiger partial charge is 0.454 e. The lowest BCUT2D eigenvalue weighted by atomic mass is 10.1. The first-order valence-corrected chi connectivity index (χ1v) is 8.34. The third kappa shape index (κ3) is 6.49. The Kier molecular flexibility index (Phi) is 6.98. The van der Waals surface area contributed by atoms with E-state index in [1.807, 2.05) is 13.8 Å². The van der Waals surface area contributed by atoms with Gasteiger partial charge in [0.15, 0.2) is 6.61 Å². The average Bonchev–Trinajstić information content (AvgIpc) is 3.12. The lowest BCUT2D eigenvalue weighted by Gasteiger charge is -2.06. The maximum atomic E-state index is 11.6. The number of carbonyl (C=O) groups excluding carboxylic acids is 2. The Morgan fingerprint density at radius 3 is 2.59 bits per heavy atom. The molecule has 1 heterocycles. The Morgan fingerprint density at radius 2 is 1.96 bits per heavy atom. The van der Waals surface area contributed by atoms with Gasteiger partial charge < -0.3 is 14.5 Å². The van der Waals surface area contributed by atoms with Gasteiger partial charge in [0.25, 0.3) is 11.6 Å². The molecule has 2 aromatic rings. The molecule has 0 atom stereocenters. The maximum absolute atomic E-state index is 11.6. The molecule has 0 spiro atoms. The van der Waals surface area contributed by atoms with Gasteiger partial charge in [-0.25, -0.2) is 0 Å². The Bertz CT molecular complexity index is 800. The third-order valence-electron chi connectivity index (χ3n) is 3.53. The smallest absolute Gasteiger partial charge is 0.325 e. The normalized spacial score (nSPS) is 10.6. The molecule has 0 aliphatic heterocycles. The summed E-state index contributed by atoms with van der Waals surface area (Å²) in [6.07, 6.45) is 1.10. The van der Waals surface area contributed by atoms with Crippen molar-refractivity contribution in [1.29, 1.82) is 0 Å². The molecular weight excluding hydrogens is 356 g/mol. The van der Waals surface area contributed by atoms with Crippen LogP contribution in [0, 0.1) is 16.0 Å². The molecule has 0 aliphatic carbocycles. The van der Waals surface area contributed by atoms with Crippen molar-refractivity contribution in [3.8, 4) is 11.5 Å². The number of hydrogen-bond donors (Lipinski definition) is 1. The molecule has 0 unspecified atom stereocenters. The van der Waals surface area contributed by atoms with Crippen LogP contribution in [0.1, 0.15) is 32.6 Å². The van der Waals surface area contributed by atoms with Gasteiger partial charge in [-0.1, -0.05) is 13.8 Å². The average molecular weight is 376 g/mol. The highest BCUT2D eigenvalue weighted by molar-refractivity contribution is 5.81. The van der Waals surface area contributed by atoms with E-state index in [0.717, 1.165) is 6.42 Å². The van der Waals surface area contributed by atoms with Crippen molar-refractivity contribution in [2.75, 3.05) is 6.54 Å². The standard InChI is InChI=1S/C17H20N4O6/c1-11(2)3-8-14(22)18-9-16(23)26-10-15-19-20-17(27-15)12-4-6-13(7-5-12)21(24)25/h4-7,11H,3,8-10H2,1-2H3,(H,18,22). The molecule has 0 bridgehead atoms. The van der Waals surface area contributed by atoms with Gasteiger partial charge in [-0.2, -0.15) is 0 Å². The minimum atomic E-state index is -0.622. The number of esters is 1. The topological polar surface area (TPSA) is 137 Å². The lowest BCUT2D eigenvalue weighted by molar-refractivity contribution is -0.384. The second kappa shape index (κ2) is 9.41. The molecule has 0 fully saturated rings. The van der Waals surface area contributed by atoms with Gasteiger partial charge in [-0.3, -0.25) is 19.7 Å². The number of nitro groups is 1. The van der Waals surface area contributed by atoms with Crippen LogP contribution in [0.25, 0.3) is 11.5 Å². The summed E-state index contributed by atoms with van der Waals surface area (Å²) in [5, 5.41) is 20.7. The van der Waals surface area contributed by atoms with E-state index in [1.54, 1.807) is 0 Å². The van der Waals surface area contributed by atoms with Crippen LogP contribution in [0.3, 0.4) is 0 Å². The van der Waals surface area contributed by atoms with Crippen LogP contribution >= 0.6 is 0 Å². The van der Waals surface area contributed by atoms with Gasteiger partial charge in [0.2, 0.25) is 11.8 Å². The third-order valence-corrected chi connectivity index (χ3v) is 3.53. The highest BCUT2D eigenvalue weighted by Gasteiger charge is 2.13. The molecule has 0 aliphatic rings. The second-order valence-electron chi connectivity index (χ2n) is 6.17. The zero-order valence-corrected chi connectivity index (χ0v) is 15.0. The molecule has 2 rings (SSSR count). The van der Waals surface area contributed by atoms with E-state index in [2.05, 4.69) is 15.5 Å². The Hall–Kier alpha value is -3.30. The van der Waals surface area contributed by atoms with Crippen molar-refractivity contribution in [3.63, 3.8) is 0 Å². The fourth-order valence-electron chi connectivity index (χ4n) is 2.03. The van der Waals surface area contributed by atoms with Crippen LogP contribution in [0.2, 0.25) is 0 Å². The lowest BCUT2D eigenvalue weighted by Crippen LogP contribution is -2.30. The fraction of sp³-hybridized carbons (Fsp3) is 0.412. The van der Waals surface area contributed by atoms with Crippen LogP contribution in [0.15, 0.2) is 28.7 Å². The van der Waals surface area contributed by atoms with E-state index in [4.69, 9.17) is 9.15 Å². The zero-order chi connectivity index (χ0) is 19.8. The number of hydrogen-bond acceptors (Lipinski definition) is 8. The van der Waals surface area contributed by atoms with Crippen molar-refractivity contribution < 1.29 is 23.7 Å². The number of nitrogens with zero attached hydrogens (tertiary/aromatic N) is 3. The molecule has 1 amide bonds. The predicted octanol–water partition coefficient (Wildman–Crippen LogP) is 2.24. The van der Waals surface area contributed by atoms with E-state index in [9.17, 15) is 19.7 Å². The van der Waals surface area contributed by atoms with Crippen LogP contribution in [-0.4, -0.2) is 33.5 Å². The van der Waals surface area contributed by atoms with E-state index in [0.29, 0.717) is 17.9 Å². The molecule has 27 heavy (non-hydrogen) atoms. The van der Waals surface area contributed by atoms with Gasteiger partial charge in [-0.15, -0.1) is 10.2 Å². The summed E-state index contributed by atoms with van der Waals surface area (Å²) >= 11 is 0. The van der Waals surface area contributed by atoms with Gasteiger partial charge in [0.1, 0.15) is 6.54 Å². The van der Waals surface area contributed by atoms with E-state index in [-0.39, 0.29) is 36.5 Å². The molecule has 0 saturated heterocycles. The second-order valence-corrected chi connectivity index (χ2v) is 6.17. The molecule has 10 heteroatoms. The Labute approximate surface area is 155 Å². The highest BCUT2D eigenvalue weighted by atomic mass is 16.6. The molecule has 144 valence electrons. The minimum Gasteiger partial charge on any atom is -0.454 e. The molecule has 1 N–H and O–H groups in total. The van der Waals surface area contributed by atoms with Crippen molar-refractivity contribution in [3.05, 3.63) is 40.3 Å². The summed E-state index contributed by atoms with van der Waals surface area (Å²) < 4.78 is 10.3. The quantitative estimate of drug-likeness (QED) is 0.399. The number of nitrogens with one attached hydrogen (secondary N) is 1. The van der Waals surface area contributed by atoms with Crippen LogP contribution in [0.4, 0.5) is 5.69 Å². The number of aromatic nitrogens is 2. The predicted molar refractivity (Wildman–Crippen MR) is 93.3 cm³/mol. The van der Waals surface area contributed by atoms with Crippen LogP contribution in [-0.2, 0) is 20.9 Å². The zero-order valence-electron chi connectivity index (χ0n) is 15.0. The van der Waals surface area contributed by atoms with Gasteiger partial charge >= 0.3 is 5.97 Å².